The fourth-order valence-corrected chi connectivity index (χ4v) is 2.83. The maximum Gasteiger partial charge on any atom is 0.0110 e. The van der Waals surface area contributed by atoms with Crippen molar-refractivity contribution in [2.45, 2.75) is 53.0 Å². The van der Waals surface area contributed by atoms with Crippen molar-refractivity contribution < 1.29 is 0 Å². The Balaban J connectivity index is 2.03. The van der Waals surface area contributed by atoms with E-state index in [1.807, 2.05) is 0 Å². The van der Waals surface area contributed by atoms with Gasteiger partial charge in [-0.05, 0) is 45.2 Å². The van der Waals surface area contributed by atoms with Gasteiger partial charge in [-0.1, -0.05) is 20.8 Å². The number of hydrogen-bond donors (Lipinski definition) is 1. The van der Waals surface area contributed by atoms with Crippen molar-refractivity contribution in [2.75, 3.05) is 45.8 Å². The van der Waals surface area contributed by atoms with E-state index < -0.39 is 0 Å². The molecule has 0 bridgehead atoms. The molecule has 0 amide bonds. The molecular formula is C16H35N3. The monoisotopic (exact) mass is 269 g/mol. The van der Waals surface area contributed by atoms with Crippen molar-refractivity contribution >= 4 is 0 Å². The zero-order valence-electron chi connectivity index (χ0n) is 13.6. The van der Waals surface area contributed by atoms with Gasteiger partial charge in [0.05, 0.1) is 0 Å². The van der Waals surface area contributed by atoms with Crippen molar-refractivity contribution in [3.05, 3.63) is 0 Å². The van der Waals surface area contributed by atoms with Gasteiger partial charge in [0.2, 0.25) is 0 Å². The fourth-order valence-electron chi connectivity index (χ4n) is 2.83. The number of hydrogen-bond acceptors (Lipinski definition) is 3. The summed E-state index contributed by atoms with van der Waals surface area (Å²) in [5.41, 5.74) is 0. The predicted molar refractivity (Wildman–Crippen MR) is 84.7 cm³/mol. The highest BCUT2D eigenvalue weighted by molar-refractivity contribution is 4.73. The molecule has 0 radical (unpaired) electrons. The SMILES string of the molecule is CCCNC(C)CCCN1CCN(CC(C)C)CC1. The zero-order valence-corrected chi connectivity index (χ0v) is 13.6. The van der Waals surface area contributed by atoms with E-state index in [0.29, 0.717) is 6.04 Å². The Bertz CT molecular complexity index is 210. The van der Waals surface area contributed by atoms with Crippen LogP contribution in [-0.4, -0.2) is 61.7 Å². The van der Waals surface area contributed by atoms with Gasteiger partial charge in [0, 0.05) is 38.8 Å². The highest BCUT2D eigenvalue weighted by Crippen LogP contribution is 2.07. The molecule has 1 rings (SSSR count). The molecule has 114 valence electrons. The largest absolute Gasteiger partial charge is 0.314 e. The Morgan fingerprint density at radius 1 is 1.00 bits per heavy atom. The Hall–Kier alpha value is -0.120. The molecule has 1 saturated heterocycles. The van der Waals surface area contributed by atoms with Crippen molar-refractivity contribution in [1.29, 1.82) is 0 Å². The topological polar surface area (TPSA) is 18.5 Å². The van der Waals surface area contributed by atoms with Crippen molar-refractivity contribution in [3.63, 3.8) is 0 Å². The van der Waals surface area contributed by atoms with E-state index in [4.69, 9.17) is 0 Å². The molecule has 0 spiro atoms. The summed E-state index contributed by atoms with van der Waals surface area (Å²) in [7, 11) is 0. The third kappa shape index (κ3) is 7.91. The highest BCUT2D eigenvalue weighted by atomic mass is 15.3. The second-order valence-corrected chi connectivity index (χ2v) is 6.53. The Morgan fingerprint density at radius 3 is 2.21 bits per heavy atom. The molecule has 1 unspecified atom stereocenters. The fraction of sp³-hybridized carbons (Fsp3) is 1.00. The lowest BCUT2D eigenvalue weighted by Gasteiger charge is -2.35. The van der Waals surface area contributed by atoms with E-state index in [2.05, 4.69) is 42.8 Å². The van der Waals surface area contributed by atoms with Crippen LogP contribution in [0.1, 0.15) is 47.0 Å². The number of nitrogens with zero attached hydrogens (tertiary/aromatic N) is 2. The molecule has 0 aliphatic carbocycles. The lowest BCUT2D eigenvalue weighted by atomic mass is 10.1. The lowest BCUT2D eigenvalue weighted by Crippen LogP contribution is -2.47. The van der Waals surface area contributed by atoms with Crippen LogP contribution in [0.2, 0.25) is 0 Å². The summed E-state index contributed by atoms with van der Waals surface area (Å²) >= 11 is 0. The maximum atomic E-state index is 3.57. The first-order valence-corrected chi connectivity index (χ1v) is 8.30. The molecule has 19 heavy (non-hydrogen) atoms. The normalized spacial score (nSPS) is 20.1. The van der Waals surface area contributed by atoms with Gasteiger partial charge in [-0.3, -0.25) is 0 Å². The average Bonchev–Trinajstić information content (AvgIpc) is 2.38. The van der Waals surface area contributed by atoms with Crippen LogP contribution in [0.15, 0.2) is 0 Å². The van der Waals surface area contributed by atoms with E-state index in [0.717, 1.165) is 12.5 Å². The second-order valence-electron chi connectivity index (χ2n) is 6.53. The van der Waals surface area contributed by atoms with E-state index in [1.54, 1.807) is 0 Å². The molecule has 1 aliphatic heterocycles. The molecule has 1 heterocycles. The minimum absolute atomic E-state index is 0.683. The summed E-state index contributed by atoms with van der Waals surface area (Å²) in [6.07, 6.45) is 3.89. The van der Waals surface area contributed by atoms with Crippen LogP contribution in [-0.2, 0) is 0 Å². The third-order valence-corrected chi connectivity index (χ3v) is 3.94. The first-order valence-electron chi connectivity index (χ1n) is 8.30. The molecule has 0 aromatic rings. The molecule has 0 saturated carbocycles. The number of rotatable bonds is 9. The second kappa shape index (κ2) is 9.73. The molecular weight excluding hydrogens is 234 g/mol. The minimum atomic E-state index is 0.683. The number of nitrogens with one attached hydrogen (secondary N) is 1. The van der Waals surface area contributed by atoms with Crippen LogP contribution in [0.25, 0.3) is 0 Å². The van der Waals surface area contributed by atoms with E-state index in [9.17, 15) is 0 Å². The summed E-state index contributed by atoms with van der Waals surface area (Å²) in [6.45, 7) is 18.0. The smallest absolute Gasteiger partial charge is 0.0110 e. The standard InChI is InChI=1S/C16H35N3/c1-5-8-17-16(4)7-6-9-18-10-12-19(13-11-18)14-15(2)3/h15-17H,5-14H2,1-4H3. The molecule has 0 aromatic heterocycles. The van der Waals surface area contributed by atoms with Gasteiger partial charge >= 0.3 is 0 Å². The van der Waals surface area contributed by atoms with Gasteiger partial charge in [-0.25, -0.2) is 0 Å². The summed E-state index contributed by atoms with van der Waals surface area (Å²) < 4.78 is 0. The van der Waals surface area contributed by atoms with Crippen LogP contribution in [0.5, 0.6) is 0 Å². The van der Waals surface area contributed by atoms with Crippen LogP contribution >= 0.6 is 0 Å². The van der Waals surface area contributed by atoms with Gasteiger partial charge in [0.25, 0.3) is 0 Å². The highest BCUT2D eigenvalue weighted by Gasteiger charge is 2.16. The molecule has 1 N–H and O–H groups in total. The van der Waals surface area contributed by atoms with E-state index in [-0.39, 0.29) is 0 Å². The summed E-state index contributed by atoms with van der Waals surface area (Å²) in [5.74, 6) is 0.803. The van der Waals surface area contributed by atoms with Crippen molar-refractivity contribution in [2.24, 2.45) is 5.92 Å². The van der Waals surface area contributed by atoms with Gasteiger partial charge in [0.1, 0.15) is 0 Å². The first-order chi connectivity index (χ1) is 9.11. The maximum absolute atomic E-state index is 3.57. The quantitative estimate of drug-likeness (QED) is 0.693. The summed E-state index contributed by atoms with van der Waals surface area (Å²) in [4.78, 5) is 5.26. The summed E-state index contributed by atoms with van der Waals surface area (Å²) in [5, 5.41) is 3.57. The summed E-state index contributed by atoms with van der Waals surface area (Å²) in [6, 6.07) is 0.683. The van der Waals surface area contributed by atoms with Gasteiger partial charge in [-0.15, -0.1) is 0 Å². The van der Waals surface area contributed by atoms with E-state index in [1.165, 1.54) is 58.5 Å². The Labute approximate surface area is 120 Å². The van der Waals surface area contributed by atoms with Crippen molar-refractivity contribution in [1.82, 2.24) is 15.1 Å². The Morgan fingerprint density at radius 2 is 1.63 bits per heavy atom. The third-order valence-electron chi connectivity index (χ3n) is 3.94. The van der Waals surface area contributed by atoms with Gasteiger partial charge in [0.15, 0.2) is 0 Å². The number of piperazine rings is 1. The molecule has 1 aliphatic rings. The molecule has 1 atom stereocenters. The molecule has 3 nitrogen and oxygen atoms in total. The van der Waals surface area contributed by atoms with Crippen LogP contribution in [0, 0.1) is 5.92 Å². The molecule has 1 fully saturated rings. The lowest BCUT2D eigenvalue weighted by molar-refractivity contribution is 0.120. The zero-order chi connectivity index (χ0) is 14.1. The molecule has 3 heteroatoms. The van der Waals surface area contributed by atoms with Crippen LogP contribution < -0.4 is 5.32 Å². The molecule has 0 aromatic carbocycles. The van der Waals surface area contributed by atoms with Gasteiger partial charge < -0.3 is 15.1 Å². The minimum Gasteiger partial charge on any atom is -0.314 e. The predicted octanol–water partition coefficient (Wildman–Crippen LogP) is 2.43. The van der Waals surface area contributed by atoms with Crippen LogP contribution in [0.3, 0.4) is 0 Å². The van der Waals surface area contributed by atoms with Crippen LogP contribution in [0.4, 0.5) is 0 Å². The first kappa shape index (κ1) is 16.9. The average molecular weight is 269 g/mol. The van der Waals surface area contributed by atoms with E-state index >= 15 is 0 Å². The van der Waals surface area contributed by atoms with Gasteiger partial charge in [-0.2, -0.15) is 0 Å². The van der Waals surface area contributed by atoms with Crippen molar-refractivity contribution in [3.8, 4) is 0 Å². The Kier molecular flexibility index (Phi) is 8.67.